The first-order chi connectivity index (χ1) is 13.8. The third-order valence-electron chi connectivity index (χ3n) is 5.42. The molecule has 2 aromatic carbocycles. The van der Waals surface area contributed by atoms with E-state index in [1.165, 1.54) is 35.7 Å². The van der Waals surface area contributed by atoms with E-state index in [0.29, 0.717) is 18.2 Å². The number of amides is 1. The Hall–Kier alpha value is -2.60. The van der Waals surface area contributed by atoms with Crippen molar-refractivity contribution in [1.82, 2.24) is 19.7 Å². The molecule has 1 aliphatic carbocycles. The van der Waals surface area contributed by atoms with Gasteiger partial charge in [-0.2, -0.15) is 0 Å². The van der Waals surface area contributed by atoms with Crippen molar-refractivity contribution in [3.8, 4) is 5.69 Å². The molecule has 6 heteroatoms. The summed E-state index contributed by atoms with van der Waals surface area (Å²) in [5, 5.41) is 9.66. The van der Waals surface area contributed by atoms with Crippen molar-refractivity contribution in [3.63, 3.8) is 0 Å². The molecular weight excluding hydrogens is 368 g/mol. The molecule has 0 radical (unpaired) electrons. The van der Waals surface area contributed by atoms with E-state index in [4.69, 9.17) is 0 Å². The molecule has 0 spiro atoms. The van der Waals surface area contributed by atoms with Crippen LogP contribution in [-0.2, 0) is 17.8 Å². The number of para-hydroxylation sites is 1. The molecule has 0 unspecified atom stereocenters. The highest BCUT2D eigenvalue weighted by atomic mass is 32.2. The predicted molar refractivity (Wildman–Crippen MR) is 110 cm³/mol. The summed E-state index contributed by atoms with van der Waals surface area (Å²) in [5.41, 5.74) is 3.68. The van der Waals surface area contributed by atoms with E-state index >= 15 is 0 Å². The van der Waals surface area contributed by atoms with Gasteiger partial charge in [-0.05, 0) is 42.5 Å². The van der Waals surface area contributed by atoms with Crippen molar-refractivity contribution in [2.24, 2.45) is 0 Å². The zero-order valence-corrected chi connectivity index (χ0v) is 16.4. The van der Waals surface area contributed by atoms with E-state index in [2.05, 4.69) is 45.1 Å². The SMILES string of the molecule is O=C(CSc1nnc(C2CC2)n1-c1ccccc1)N1CCc2ccccc2C1. The molecule has 0 saturated heterocycles. The molecule has 1 aromatic heterocycles. The standard InChI is InChI=1S/C22H22N4OS/c27-20(25-13-12-16-6-4-5-7-18(16)14-25)15-28-22-24-23-21(17-10-11-17)26(22)19-8-2-1-3-9-19/h1-9,17H,10-15H2. The molecule has 0 bridgehead atoms. The average Bonchev–Trinajstić information content (AvgIpc) is 3.51. The van der Waals surface area contributed by atoms with E-state index in [-0.39, 0.29) is 5.91 Å². The summed E-state index contributed by atoms with van der Waals surface area (Å²) in [6, 6.07) is 18.6. The Morgan fingerprint density at radius 1 is 1.00 bits per heavy atom. The lowest BCUT2D eigenvalue weighted by molar-refractivity contribution is -0.129. The zero-order chi connectivity index (χ0) is 18.9. The number of aromatic nitrogens is 3. The minimum atomic E-state index is 0.162. The number of rotatable bonds is 5. The molecule has 1 saturated carbocycles. The van der Waals surface area contributed by atoms with Crippen LogP contribution >= 0.6 is 11.8 Å². The van der Waals surface area contributed by atoms with Gasteiger partial charge in [-0.1, -0.05) is 54.2 Å². The molecule has 1 aliphatic heterocycles. The van der Waals surface area contributed by atoms with Crippen LogP contribution in [0.3, 0.4) is 0 Å². The maximum atomic E-state index is 12.8. The van der Waals surface area contributed by atoms with Crippen LogP contribution < -0.4 is 0 Å². The zero-order valence-electron chi connectivity index (χ0n) is 15.6. The maximum Gasteiger partial charge on any atom is 0.233 e. The van der Waals surface area contributed by atoms with Crippen molar-refractivity contribution < 1.29 is 4.79 Å². The van der Waals surface area contributed by atoms with Gasteiger partial charge in [0.2, 0.25) is 5.91 Å². The summed E-state index contributed by atoms with van der Waals surface area (Å²) in [4.78, 5) is 14.8. The maximum absolute atomic E-state index is 12.8. The van der Waals surface area contributed by atoms with Gasteiger partial charge in [0.05, 0.1) is 5.75 Å². The fourth-order valence-electron chi connectivity index (χ4n) is 3.73. The molecule has 1 amide bonds. The number of hydrogen-bond acceptors (Lipinski definition) is 4. The van der Waals surface area contributed by atoms with E-state index < -0.39 is 0 Å². The van der Waals surface area contributed by atoms with Gasteiger partial charge in [-0.25, -0.2) is 0 Å². The second kappa shape index (κ2) is 7.43. The van der Waals surface area contributed by atoms with Crippen molar-refractivity contribution in [2.45, 2.75) is 36.9 Å². The van der Waals surface area contributed by atoms with Gasteiger partial charge >= 0.3 is 0 Å². The monoisotopic (exact) mass is 390 g/mol. The second-order valence-electron chi connectivity index (χ2n) is 7.41. The van der Waals surface area contributed by atoms with E-state index in [1.807, 2.05) is 29.2 Å². The van der Waals surface area contributed by atoms with Gasteiger partial charge < -0.3 is 4.90 Å². The van der Waals surface area contributed by atoms with E-state index in [0.717, 1.165) is 29.6 Å². The van der Waals surface area contributed by atoms with Crippen LogP contribution in [-0.4, -0.2) is 37.9 Å². The Labute approximate surface area is 168 Å². The minimum absolute atomic E-state index is 0.162. The molecule has 142 valence electrons. The Kier molecular flexibility index (Phi) is 4.64. The lowest BCUT2D eigenvalue weighted by Gasteiger charge is -2.28. The number of thioether (sulfide) groups is 1. The Morgan fingerprint density at radius 3 is 2.54 bits per heavy atom. The lowest BCUT2D eigenvalue weighted by Crippen LogP contribution is -2.37. The summed E-state index contributed by atoms with van der Waals surface area (Å²) in [5.74, 6) is 2.07. The van der Waals surface area contributed by atoms with E-state index in [1.54, 1.807) is 0 Å². The fourth-order valence-corrected chi connectivity index (χ4v) is 4.59. The van der Waals surface area contributed by atoms with Crippen LogP contribution in [0.25, 0.3) is 5.69 Å². The fraction of sp³-hybridized carbons (Fsp3) is 0.318. The van der Waals surface area contributed by atoms with Gasteiger partial charge in [0, 0.05) is 24.7 Å². The normalized spacial score (nSPS) is 16.1. The van der Waals surface area contributed by atoms with Gasteiger partial charge in [-0.15, -0.1) is 10.2 Å². The second-order valence-corrected chi connectivity index (χ2v) is 8.35. The van der Waals surface area contributed by atoms with Crippen LogP contribution in [0.15, 0.2) is 59.8 Å². The topological polar surface area (TPSA) is 51.0 Å². The van der Waals surface area contributed by atoms with Crippen LogP contribution in [0.5, 0.6) is 0 Å². The van der Waals surface area contributed by atoms with Crippen LogP contribution in [0.2, 0.25) is 0 Å². The first-order valence-electron chi connectivity index (χ1n) is 9.77. The predicted octanol–water partition coefficient (Wildman–Crippen LogP) is 3.82. The van der Waals surface area contributed by atoms with E-state index in [9.17, 15) is 4.79 Å². The van der Waals surface area contributed by atoms with Gasteiger partial charge in [0.15, 0.2) is 5.16 Å². The van der Waals surface area contributed by atoms with Crippen LogP contribution in [0, 0.1) is 0 Å². The summed E-state index contributed by atoms with van der Waals surface area (Å²) in [7, 11) is 0. The minimum Gasteiger partial charge on any atom is -0.337 e. The smallest absolute Gasteiger partial charge is 0.233 e. The lowest BCUT2D eigenvalue weighted by atomic mass is 10.00. The average molecular weight is 391 g/mol. The molecule has 5 rings (SSSR count). The molecule has 2 heterocycles. The van der Waals surface area contributed by atoms with Gasteiger partial charge in [-0.3, -0.25) is 9.36 Å². The Morgan fingerprint density at radius 2 is 1.75 bits per heavy atom. The Bertz CT molecular complexity index is 997. The summed E-state index contributed by atoms with van der Waals surface area (Å²) in [6.07, 6.45) is 3.27. The van der Waals surface area contributed by atoms with Crippen molar-refractivity contribution in [3.05, 3.63) is 71.5 Å². The highest BCUT2D eigenvalue weighted by Crippen LogP contribution is 2.41. The number of nitrogens with zero attached hydrogens (tertiary/aromatic N) is 4. The van der Waals surface area contributed by atoms with Crippen molar-refractivity contribution in [2.75, 3.05) is 12.3 Å². The van der Waals surface area contributed by atoms with Crippen molar-refractivity contribution >= 4 is 17.7 Å². The van der Waals surface area contributed by atoms with Gasteiger partial charge in [0.25, 0.3) is 0 Å². The number of carbonyl (C=O) groups excluding carboxylic acids is 1. The number of carbonyl (C=O) groups is 1. The Balaban J connectivity index is 1.31. The number of hydrogen-bond donors (Lipinski definition) is 0. The molecule has 1 fully saturated rings. The molecule has 3 aromatic rings. The molecule has 0 N–H and O–H groups in total. The largest absolute Gasteiger partial charge is 0.337 e. The van der Waals surface area contributed by atoms with Gasteiger partial charge in [0.1, 0.15) is 5.82 Å². The molecule has 5 nitrogen and oxygen atoms in total. The third-order valence-corrected chi connectivity index (χ3v) is 6.34. The number of benzene rings is 2. The van der Waals surface area contributed by atoms with Crippen LogP contribution in [0.1, 0.15) is 35.7 Å². The molecular formula is C22H22N4OS. The number of fused-ring (bicyclic) bond motifs is 1. The third kappa shape index (κ3) is 3.44. The molecule has 28 heavy (non-hydrogen) atoms. The highest BCUT2D eigenvalue weighted by molar-refractivity contribution is 7.99. The quantitative estimate of drug-likeness (QED) is 0.622. The summed E-state index contributed by atoms with van der Waals surface area (Å²) in [6.45, 7) is 1.49. The first-order valence-corrected chi connectivity index (χ1v) is 10.8. The highest BCUT2D eigenvalue weighted by Gasteiger charge is 2.31. The van der Waals surface area contributed by atoms with Crippen molar-refractivity contribution in [1.29, 1.82) is 0 Å². The summed E-state index contributed by atoms with van der Waals surface area (Å²) < 4.78 is 2.13. The molecule has 2 aliphatic rings. The first kappa shape index (κ1) is 17.5. The van der Waals surface area contributed by atoms with Crippen LogP contribution in [0.4, 0.5) is 0 Å². The summed E-state index contributed by atoms with van der Waals surface area (Å²) >= 11 is 1.49. The molecule has 0 atom stereocenters.